The van der Waals surface area contributed by atoms with Gasteiger partial charge in [0.25, 0.3) is 5.91 Å². The molecule has 1 saturated carbocycles. The number of benzene rings is 2. The summed E-state index contributed by atoms with van der Waals surface area (Å²) in [6, 6.07) is 14.7. The Morgan fingerprint density at radius 3 is 2.34 bits per heavy atom. The van der Waals surface area contributed by atoms with Crippen LogP contribution in [-0.4, -0.2) is 81.4 Å². The van der Waals surface area contributed by atoms with Gasteiger partial charge in [-0.15, -0.1) is 0 Å². The predicted octanol–water partition coefficient (Wildman–Crippen LogP) is 3.65. The molecule has 4 rings (SSSR count). The molecule has 0 aromatic heterocycles. The van der Waals surface area contributed by atoms with E-state index in [2.05, 4.69) is 17.0 Å². The Morgan fingerprint density at radius 1 is 1.00 bits per heavy atom. The number of sulfonamides is 1. The van der Waals surface area contributed by atoms with Crippen molar-refractivity contribution in [2.45, 2.75) is 49.5 Å². The van der Waals surface area contributed by atoms with E-state index < -0.39 is 10.0 Å². The molecular weight excluding hydrogens is 462 g/mol. The maximum absolute atomic E-state index is 13.2. The average Bonchev–Trinajstić information content (AvgIpc) is 2.92. The molecule has 35 heavy (non-hydrogen) atoms. The fourth-order valence-electron chi connectivity index (χ4n) is 5.03. The summed E-state index contributed by atoms with van der Waals surface area (Å²) in [5.74, 6) is 0.760. The molecule has 1 saturated heterocycles. The lowest BCUT2D eigenvalue weighted by atomic mass is 9.96. The molecule has 190 valence electrons. The molecule has 0 bridgehead atoms. The number of ether oxygens (including phenoxy) is 1. The van der Waals surface area contributed by atoms with Crippen molar-refractivity contribution in [3.05, 3.63) is 59.7 Å². The summed E-state index contributed by atoms with van der Waals surface area (Å²) in [6.45, 7) is 3.84. The number of carbonyl (C=O) groups is 1. The summed E-state index contributed by atoms with van der Waals surface area (Å²) in [4.78, 5) is 17.6. The van der Waals surface area contributed by atoms with Crippen LogP contribution in [0.15, 0.2) is 53.4 Å². The smallest absolute Gasteiger partial charge is 0.253 e. The molecule has 0 atom stereocenters. The van der Waals surface area contributed by atoms with Gasteiger partial charge < -0.3 is 9.64 Å². The van der Waals surface area contributed by atoms with Crippen molar-refractivity contribution in [2.24, 2.45) is 0 Å². The van der Waals surface area contributed by atoms with E-state index >= 15 is 0 Å². The standard InChI is InChI=1S/C27H37N3O4S/c1-28(24-8-4-3-5-9-24)35(32,33)26-10-6-7-23(21-26)27(31)30-19-17-29(18-20-30)16-15-22-11-13-25(34-2)14-12-22/h6-7,10-14,21,24H,3-5,8-9,15-20H2,1-2H3. The molecular formula is C27H37N3O4S. The molecule has 1 aliphatic heterocycles. The van der Waals surface area contributed by atoms with E-state index in [-0.39, 0.29) is 16.8 Å². The number of hydrogen-bond donors (Lipinski definition) is 0. The second kappa shape index (κ2) is 11.5. The van der Waals surface area contributed by atoms with Crippen molar-refractivity contribution in [3.8, 4) is 5.75 Å². The largest absolute Gasteiger partial charge is 0.497 e. The van der Waals surface area contributed by atoms with Crippen LogP contribution in [0.4, 0.5) is 0 Å². The first kappa shape index (κ1) is 25.7. The molecule has 1 amide bonds. The van der Waals surface area contributed by atoms with E-state index in [1.165, 1.54) is 16.3 Å². The highest BCUT2D eigenvalue weighted by atomic mass is 32.2. The van der Waals surface area contributed by atoms with Crippen molar-refractivity contribution in [1.29, 1.82) is 0 Å². The van der Waals surface area contributed by atoms with Gasteiger partial charge in [0.05, 0.1) is 12.0 Å². The number of nitrogens with zero attached hydrogens (tertiary/aromatic N) is 3. The van der Waals surface area contributed by atoms with Crippen molar-refractivity contribution in [1.82, 2.24) is 14.1 Å². The molecule has 1 heterocycles. The van der Waals surface area contributed by atoms with E-state index in [9.17, 15) is 13.2 Å². The van der Waals surface area contributed by atoms with Crippen LogP contribution in [0.2, 0.25) is 0 Å². The number of carbonyl (C=O) groups excluding carboxylic acids is 1. The fraction of sp³-hybridized carbons (Fsp3) is 0.519. The minimum absolute atomic E-state index is 0.0408. The Kier molecular flexibility index (Phi) is 8.46. The van der Waals surface area contributed by atoms with E-state index in [0.29, 0.717) is 18.7 Å². The first-order valence-corrected chi connectivity index (χ1v) is 14.0. The zero-order valence-corrected chi connectivity index (χ0v) is 21.7. The fourth-order valence-corrected chi connectivity index (χ4v) is 6.50. The highest BCUT2D eigenvalue weighted by molar-refractivity contribution is 7.89. The average molecular weight is 500 g/mol. The van der Waals surface area contributed by atoms with Gasteiger partial charge in [0.2, 0.25) is 10.0 Å². The Morgan fingerprint density at radius 2 is 1.69 bits per heavy atom. The van der Waals surface area contributed by atoms with Gasteiger partial charge in [-0.1, -0.05) is 37.5 Å². The molecule has 0 N–H and O–H groups in total. The molecule has 7 nitrogen and oxygen atoms in total. The van der Waals surface area contributed by atoms with Gasteiger partial charge in [0.1, 0.15) is 5.75 Å². The summed E-state index contributed by atoms with van der Waals surface area (Å²) in [5, 5.41) is 0. The number of rotatable bonds is 8. The second-order valence-corrected chi connectivity index (χ2v) is 11.6. The highest BCUT2D eigenvalue weighted by Crippen LogP contribution is 2.27. The van der Waals surface area contributed by atoms with Gasteiger partial charge in [0.15, 0.2) is 0 Å². The number of hydrogen-bond acceptors (Lipinski definition) is 5. The topological polar surface area (TPSA) is 70.2 Å². The third kappa shape index (κ3) is 6.23. The number of methoxy groups -OCH3 is 1. The van der Waals surface area contributed by atoms with Gasteiger partial charge >= 0.3 is 0 Å². The maximum atomic E-state index is 13.2. The van der Waals surface area contributed by atoms with Crippen LogP contribution in [0.3, 0.4) is 0 Å². The zero-order valence-electron chi connectivity index (χ0n) is 20.9. The van der Waals surface area contributed by atoms with Crippen molar-refractivity contribution < 1.29 is 17.9 Å². The monoisotopic (exact) mass is 499 g/mol. The lowest BCUT2D eigenvalue weighted by Gasteiger charge is -2.35. The normalized spacial score (nSPS) is 18.1. The molecule has 1 aliphatic carbocycles. The lowest BCUT2D eigenvalue weighted by Crippen LogP contribution is -2.49. The molecule has 0 unspecified atom stereocenters. The Hall–Kier alpha value is -2.42. The van der Waals surface area contributed by atoms with Crippen LogP contribution in [-0.2, 0) is 16.4 Å². The van der Waals surface area contributed by atoms with Gasteiger partial charge in [0, 0.05) is 51.4 Å². The highest BCUT2D eigenvalue weighted by Gasteiger charge is 2.30. The molecule has 2 aromatic carbocycles. The van der Waals surface area contributed by atoms with Crippen LogP contribution in [0.5, 0.6) is 5.75 Å². The summed E-state index contributed by atoms with van der Waals surface area (Å²) in [7, 11) is -0.287. The molecule has 2 fully saturated rings. The van der Waals surface area contributed by atoms with Gasteiger partial charge in [-0.25, -0.2) is 8.42 Å². The van der Waals surface area contributed by atoms with E-state index in [1.807, 2.05) is 17.0 Å². The van der Waals surface area contributed by atoms with Crippen LogP contribution >= 0.6 is 0 Å². The SMILES string of the molecule is COc1ccc(CCN2CCN(C(=O)c3cccc(S(=O)(=O)N(C)C4CCCCC4)c3)CC2)cc1. The van der Waals surface area contributed by atoms with Crippen LogP contribution < -0.4 is 4.74 Å². The Labute approximate surface area is 209 Å². The molecule has 2 aromatic rings. The zero-order chi connectivity index (χ0) is 24.8. The first-order valence-electron chi connectivity index (χ1n) is 12.6. The molecule has 0 spiro atoms. The minimum atomic E-state index is -3.63. The second-order valence-electron chi connectivity index (χ2n) is 9.57. The maximum Gasteiger partial charge on any atom is 0.253 e. The van der Waals surface area contributed by atoms with Crippen molar-refractivity contribution >= 4 is 15.9 Å². The summed E-state index contributed by atoms with van der Waals surface area (Å²) in [6.07, 6.45) is 6.05. The number of piperazine rings is 1. The van der Waals surface area contributed by atoms with Crippen molar-refractivity contribution in [3.63, 3.8) is 0 Å². The van der Waals surface area contributed by atoms with Gasteiger partial charge in [-0.3, -0.25) is 9.69 Å². The van der Waals surface area contributed by atoms with E-state index in [1.54, 1.807) is 38.4 Å². The van der Waals surface area contributed by atoms with Gasteiger partial charge in [-0.05, 0) is 55.2 Å². The predicted molar refractivity (Wildman–Crippen MR) is 137 cm³/mol. The third-order valence-electron chi connectivity index (χ3n) is 7.38. The number of amides is 1. The first-order chi connectivity index (χ1) is 16.9. The summed E-state index contributed by atoms with van der Waals surface area (Å²) in [5.41, 5.74) is 1.70. The molecule has 0 radical (unpaired) electrons. The Balaban J connectivity index is 1.33. The van der Waals surface area contributed by atoms with Crippen molar-refractivity contribution in [2.75, 3.05) is 46.9 Å². The third-order valence-corrected chi connectivity index (χ3v) is 9.29. The van der Waals surface area contributed by atoms with Crippen LogP contribution in [0.1, 0.15) is 48.0 Å². The molecule has 8 heteroatoms. The van der Waals surface area contributed by atoms with E-state index in [0.717, 1.165) is 57.5 Å². The Bertz CT molecular complexity index is 1090. The minimum Gasteiger partial charge on any atom is -0.497 e. The molecule has 2 aliphatic rings. The van der Waals surface area contributed by atoms with Gasteiger partial charge in [-0.2, -0.15) is 4.31 Å². The lowest BCUT2D eigenvalue weighted by molar-refractivity contribution is 0.0638. The van der Waals surface area contributed by atoms with Crippen LogP contribution in [0.25, 0.3) is 0 Å². The summed E-state index contributed by atoms with van der Waals surface area (Å²) < 4.78 is 33.2. The summed E-state index contributed by atoms with van der Waals surface area (Å²) >= 11 is 0. The quantitative estimate of drug-likeness (QED) is 0.555. The van der Waals surface area contributed by atoms with Crippen LogP contribution in [0, 0.1) is 0 Å². The van der Waals surface area contributed by atoms with E-state index in [4.69, 9.17) is 4.74 Å².